The predicted molar refractivity (Wildman–Crippen MR) is 49.6 cm³/mol. The molecule has 0 aliphatic carbocycles. The first-order valence-electron chi connectivity index (χ1n) is 4.53. The van der Waals surface area contributed by atoms with E-state index in [1.165, 1.54) is 6.20 Å². The van der Waals surface area contributed by atoms with Gasteiger partial charge in [0.1, 0.15) is 5.52 Å². The normalized spacial score (nSPS) is 15.7. The van der Waals surface area contributed by atoms with Crippen LogP contribution in [0.4, 0.5) is 0 Å². The molecule has 6 heteroatoms. The van der Waals surface area contributed by atoms with E-state index in [1.807, 2.05) is 0 Å². The highest BCUT2D eigenvalue weighted by molar-refractivity contribution is 6.01. The minimum Gasteiger partial charge on any atom is -0.333 e. The highest BCUT2D eigenvalue weighted by Crippen LogP contribution is 2.14. The third-order valence-electron chi connectivity index (χ3n) is 2.33. The number of nitrogens with zero attached hydrogens (tertiary/aromatic N) is 3. The molecular weight excluding hydrogens is 196 g/mol. The van der Waals surface area contributed by atoms with Gasteiger partial charge in [0.2, 0.25) is 5.78 Å². The van der Waals surface area contributed by atoms with Crippen molar-refractivity contribution in [1.29, 1.82) is 0 Å². The van der Waals surface area contributed by atoms with E-state index >= 15 is 0 Å². The Morgan fingerprint density at radius 3 is 2.80 bits per heavy atom. The first-order chi connectivity index (χ1) is 7.24. The number of Topliss-reactive ketones (excluding diaryl/α,β-unsaturated/α-hetero) is 2. The van der Waals surface area contributed by atoms with Crippen LogP contribution in [0.1, 0.15) is 34.1 Å². The molecule has 15 heavy (non-hydrogen) atoms. The highest BCUT2D eigenvalue weighted by atomic mass is 16.1. The van der Waals surface area contributed by atoms with Crippen LogP contribution in [-0.2, 0) is 0 Å². The summed E-state index contributed by atoms with van der Waals surface area (Å²) in [7, 11) is 0. The molecule has 0 saturated heterocycles. The van der Waals surface area contributed by atoms with E-state index in [1.54, 1.807) is 0 Å². The Labute approximate surface area is 83.8 Å². The van der Waals surface area contributed by atoms with Crippen LogP contribution in [0.15, 0.2) is 6.20 Å². The number of imidazole rings is 1. The number of hydrogen-bond donors (Lipinski definition) is 1. The van der Waals surface area contributed by atoms with Crippen LogP contribution in [0, 0.1) is 0 Å². The number of carbonyl (C=O) groups is 2. The second-order valence-corrected chi connectivity index (χ2v) is 3.36. The molecule has 0 amide bonds. The molecule has 3 heterocycles. The fourth-order valence-corrected chi connectivity index (χ4v) is 1.53. The van der Waals surface area contributed by atoms with Gasteiger partial charge in [-0.25, -0.2) is 15.0 Å². The van der Waals surface area contributed by atoms with E-state index in [0.29, 0.717) is 11.2 Å². The Kier molecular flexibility index (Phi) is 1.47. The molecule has 74 valence electrons. The lowest BCUT2D eigenvalue weighted by atomic mass is 10.1. The van der Waals surface area contributed by atoms with Crippen LogP contribution in [-0.4, -0.2) is 31.5 Å². The van der Waals surface area contributed by atoms with Crippen LogP contribution in [0.25, 0.3) is 11.2 Å². The van der Waals surface area contributed by atoms with Crippen molar-refractivity contribution in [3.63, 3.8) is 0 Å². The van der Waals surface area contributed by atoms with E-state index in [4.69, 9.17) is 0 Å². The molecule has 1 aliphatic heterocycles. The van der Waals surface area contributed by atoms with Crippen molar-refractivity contribution in [2.24, 2.45) is 0 Å². The monoisotopic (exact) mass is 202 g/mol. The Balaban J connectivity index is 2.36. The maximum Gasteiger partial charge on any atom is 0.200 e. The quantitative estimate of drug-likeness (QED) is 0.672. The summed E-state index contributed by atoms with van der Waals surface area (Å²) in [5.74, 6) is 0.0125. The topological polar surface area (TPSA) is 88.6 Å². The van der Waals surface area contributed by atoms with E-state index < -0.39 is 0 Å². The molecule has 3 rings (SSSR count). The van der Waals surface area contributed by atoms with Gasteiger partial charge in [0.15, 0.2) is 23.1 Å². The molecule has 2 aromatic rings. The van der Waals surface area contributed by atoms with E-state index in [-0.39, 0.29) is 36.1 Å². The third kappa shape index (κ3) is 1.14. The number of H-pyrrole nitrogens is 1. The van der Waals surface area contributed by atoms with Crippen molar-refractivity contribution in [2.45, 2.75) is 12.8 Å². The average molecular weight is 202 g/mol. The van der Waals surface area contributed by atoms with Crippen molar-refractivity contribution < 1.29 is 9.59 Å². The van der Waals surface area contributed by atoms with Gasteiger partial charge in [-0.1, -0.05) is 0 Å². The lowest BCUT2D eigenvalue weighted by Gasteiger charge is -1.98. The van der Waals surface area contributed by atoms with Crippen molar-refractivity contribution >= 4 is 22.7 Å². The van der Waals surface area contributed by atoms with Gasteiger partial charge in [-0.2, -0.15) is 0 Å². The Hall–Kier alpha value is -2.11. The SMILES string of the molecule is O=C1CCC(=O)c2nc3nc1ncc3[nH]2. The number of rotatable bonds is 0. The smallest absolute Gasteiger partial charge is 0.200 e. The van der Waals surface area contributed by atoms with Crippen molar-refractivity contribution in [3.8, 4) is 0 Å². The van der Waals surface area contributed by atoms with Crippen molar-refractivity contribution in [3.05, 3.63) is 17.8 Å². The maximum absolute atomic E-state index is 11.5. The Bertz CT molecular complexity index is 573. The molecule has 6 nitrogen and oxygen atoms in total. The number of carbonyl (C=O) groups excluding carboxylic acids is 2. The first-order valence-corrected chi connectivity index (χ1v) is 4.53. The first kappa shape index (κ1) is 8.22. The van der Waals surface area contributed by atoms with Gasteiger partial charge < -0.3 is 4.98 Å². The number of nitrogens with one attached hydrogen (secondary N) is 1. The van der Waals surface area contributed by atoms with Crippen LogP contribution >= 0.6 is 0 Å². The molecule has 2 aromatic heterocycles. The number of aromatic nitrogens is 4. The molecule has 0 spiro atoms. The summed E-state index contributed by atoms with van der Waals surface area (Å²) < 4.78 is 0. The summed E-state index contributed by atoms with van der Waals surface area (Å²) in [5.41, 5.74) is 0.954. The van der Waals surface area contributed by atoms with E-state index in [2.05, 4.69) is 19.9 Å². The van der Waals surface area contributed by atoms with Gasteiger partial charge in [-0.05, 0) is 0 Å². The van der Waals surface area contributed by atoms with Crippen LogP contribution in [0.2, 0.25) is 0 Å². The van der Waals surface area contributed by atoms with Gasteiger partial charge in [-0.3, -0.25) is 9.59 Å². The zero-order chi connectivity index (χ0) is 10.4. The zero-order valence-corrected chi connectivity index (χ0v) is 7.65. The van der Waals surface area contributed by atoms with Gasteiger partial charge in [-0.15, -0.1) is 0 Å². The molecular formula is C9H6N4O2. The minimum atomic E-state index is -0.213. The molecule has 0 atom stereocenters. The maximum atomic E-state index is 11.5. The average Bonchev–Trinajstić information content (AvgIpc) is 2.67. The number of aromatic amines is 1. The summed E-state index contributed by atoms with van der Waals surface area (Å²) in [6.07, 6.45) is 1.77. The number of fused-ring (bicyclic) bond motifs is 2. The molecule has 0 radical (unpaired) electrons. The number of ketones is 2. The lowest BCUT2D eigenvalue weighted by Crippen LogP contribution is -2.09. The van der Waals surface area contributed by atoms with Gasteiger partial charge in [0, 0.05) is 12.8 Å². The standard InChI is InChI=1S/C9H6N4O2/c14-5-1-2-6(15)9-11-4-3-10-8(5)12-7(4)13-9/h3H,1-2H2,(H,10,11,12,13). The van der Waals surface area contributed by atoms with Gasteiger partial charge in [0.05, 0.1) is 6.20 Å². The lowest BCUT2D eigenvalue weighted by molar-refractivity contribution is 0.0908. The molecule has 0 fully saturated rings. The Morgan fingerprint density at radius 2 is 1.93 bits per heavy atom. The summed E-state index contributed by atoms with van der Waals surface area (Å²) in [5, 5.41) is 0. The molecule has 0 unspecified atom stereocenters. The second kappa shape index (κ2) is 2.69. The summed E-state index contributed by atoms with van der Waals surface area (Å²) in [6, 6.07) is 0. The molecule has 0 aromatic carbocycles. The minimum absolute atomic E-state index is 0.134. The van der Waals surface area contributed by atoms with E-state index in [0.717, 1.165) is 0 Å². The molecule has 1 aliphatic rings. The molecule has 1 N–H and O–H groups in total. The van der Waals surface area contributed by atoms with E-state index in [9.17, 15) is 9.59 Å². The molecule has 0 saturated carbocycles. The van der Waals surface area contributed by atoms with Crippen molar-refractivity contribution in [1.82, 2.24) is 19.9 Å². The fraction of sp³-hybridized carbons (Fsp3) is 0.222. The van der Waals surface area contributed by atoms with Crippen molar-refractivity contribution in [2.75, 3.05) is 0 Å². The Morgan fingerprint density at radius 1 is 1.13 bits per heavy atom. The summed E-state index contributed by atoms with van der Waals surface area (Å²) in [4.78, 5) is 37.8. The molecule has 3 bridgehead atoms. The largest absolute Gasteiger partial charge is 0.333 e. The van der Waals surface area contributed by atoms with Gasteiger partial charge >= 0.3 is 0 Å². The second-order valence-electron chi connectivity index (χ2n) is 3.36. The van der Waals surface area contributed by atoms with Crippen LogP contribution in [0.5, 0.6) is 0 Å². The highest BCUT2D eigenvalue weighted by Gasteiger charge is 2.20. The van der Waals surface area contributed by atoms with Gasteiger partial charge in [0.25, 0.3) is 0 Å². The van der Waals surface area contributed by atoms with Crippen LogP contribution < -0.4 is 0 Å². The fourth-order valence-electron chi connectivity index (χ4n) is 1.53. The zero-order valence-electron chi connectivity index (χ0n) is 7.65. The summed E-state index contributed by atoms with van der Waals surface area (Å²) in [6.45, 7) is 0. The predicted octanol–water partition coefficient (Wildman–Crippen LogP) is 0.512. The third-order valence-corrected chi connectivity index (χ3v) is 2.33. The number of hydrogen-bond acceptors (Lipinski definition) is 5. The van der Waals surface area contributed by atoms with Crippen LogP contribution in [0.3, 0.4) is 0 Å². The summed E-state index contributed by atoms with van der Waals surface area (Å²) >= 11 is 0.